The molecule has 0 bridgehead atoms. The van der Waals surface area contributed by atoms with Crippen LogP contribution >= 0.6 is 0 Å². The fourth-order valence-corrected chi connectivity index (χ4v) is 1.17. The lowest BCUT2D eigenvalue weighted by molar-refractivity contribution is -0.123. The van der Waals surface area contributed by atoms with Gasteiger partial charge in [-0.05, 0) is 6.92 Å². The van der Waals surface area contributed by atoms with E-state index in [-0.39, 0.29) is 11.9 Å². The summed E-state index contributed by atoms with van der Waals surface area (Å²) in [4.78, 5) is 15.2. The predicted molar refractivity (Wildman–Crippen MR) is 48.9 cm³/mol. The average Bonchev–Trinajstić information content (AvgIpc) is 2.62. The van der Waals surface area contributed by atoms with Crippen LogP contribution in [0, 0.1) is 0 Å². The lowest BCUT2D eigenvalue weighted by Crippen LogP contribution is -2.28. The maximum Gasteiger partial charge on any atom is 0.242 e. The summed E-state index contributed by atoms with van der Waals surface area (Å²) in [5, 5.41) is 2.58. The highest BCUT2D eigenvalue weighted by Gasteiger charge is 2.14. The van der Waals surface area contributed by atoms with Crippen LogP contribution in [0.3, 0.4) is 0 Å². The smallest absolute Gasteiger partial charge is 0.242 e. The first-order chi connectivity index (χ1) is 6.20. The van der Waals surface area contributed by atoms with E-state index in [0.29, 0.717) is 6.54 Å². The number of carbonyl (C=O) groups is 1. The SMILES string of the molecule is CNC(=O)C(C)n1cncc1CN. The molecule has 0 spiro atoms. The second kappa shape index (κ2) is 4.04. The van der Waals surface area contributed by atoms with Crippen molar-refractivity contribution in [2.24, 2.45) is 5.73 Å². The van der Waals surface area contributed by atoms with Gasteiger partial charge >= 0.3 is 0 Å². The Bertz CT molecular complexity index is 294. The number of likely N-dealkylation sites (N-methyl/N-ethyl adjacent to an activating group) is 1. The highest BCUT2D eigenvalue weighted by atomic mass is 16.2. The van der Waals surface area contributed by atoms with Crippen molar-refractivity contribution in [1.29, 1.82) is 0 Å². The quantitative estimate of drug-likeness (QED) is 0.671. The number of hydrogen-bond acceptors (Lipinski definition) is 3. The number of aromatic nitrogens is 2. The first kappa shape index (κ1) is 9.73. The minimum absolute atomic E-state index is 0.0484. The summed E-state index contributed by atoms with van der Waals surface area (Å²) < 4.78 is 1.76. The van der Waals surface area contributed by atoms with E-state index in [4.69, 9.17) is 5.73 Å². The van der Waals surface area contributed by atoms with E-state index >= 15 is 0 Å². The molecule has 1 amide bonds. The van der Waals surface area contributed by atoms with Gasteiger partial charge in [-0.15, -0.1) is 0 Å². The van der Waals surface area contributed by atoms with E-state index in [9.17, 15) is 4.79 Å². The normalized spacial score (nSPS) is 12.5. The van der Waals surface area contributed by atoms with Gasteiger partial charge in [0.1, 0.15) is 6.04 Å². The van der Waals surface area contributed by atoms with E-state index < -0.39 is 0 Å². The Morgan fingerprint density at radius 1 is 1.85 bits per heavy atom. The van der Waals surface area contributed by atoms with Gasteiger partial charge in [-0.3, -0.25) is 4.79 Å². The number of nitrogens with zero attached hydrogens (tertiary/aromatic N) is 2. The van der Waals surface area contributed by atoms with Crippen molar-refractivity contribution in [2.45, 2.75) is 19.5 Å². The van der Waals surface area contributed by atoms with Crippen molar-refractivity contribution in [2.75, 3.05) is 7.05 Å². The van der Waals surface area contributed by atoms with Crippen LogP contribution in [-0.4, -0.2) is 22.5 Å². The van der Waals surface area contributed by atoms with Crippen LogP contribution in [0.5, 0.6) is 0 Å². The molecule has 0 radical (unpaired) electrons. The number of rotatable bonds is 3. The summed E-state index contributed by atoms with van der Waals surface area (Å²) in [6, 6.07) is -0.258. The maximum atomic E-state index is 11.3. The molecule has 1 atom stereocenters. The molecule has 1 heterocycles. The topological polar surface area (TPSA) is 72.9 Å². The molecule has 0 aromatic carbocycles. The maximum absolute atomic E-state index is 11.3. The first-order valence-corrected chi connectivity index (χ1v) is 4.13. The molecule has 0 aliphatic heterocycles. The van der Waals surface area contributed by atoms with Gasteiger partial charge < -0.3 is 15.6 Å². The van der Waals surface area contributed by atoms with E-state index in [2.05, 4.69) is 10.3 Å². The molecule has 72 valence electrons. The summed E-state index contributed by atoms with van der Waals surface area (Å²) in [6.07, 6.45) is 3.28. The third-order valence-corrected chi connectivity index (χ3v) is 2.00. The van der Waals surface area contributed by atoms with Gasteiger partial charge in [0.05, 0.1) is 12.0 Å². The zero-order chi connectivity index (χ0) is 9.84. The lowest BCUT2D eigenvalue weighted by atomic mass is 10.3. The molecule has 0 aliphatic carbocycles. The highest BCUT2D eigenvalue weighted by Crippen LogP contribution is 2.08. The molecule has 0 saturated carbocycles. The number of nitrogens with two attached hydrogens (primary N) is 1. The van der Waals surface area contributed by atoms with Crippen molar-refractivity contribution in [3.63, 3.8) is 0 Å². The monoisotopic (exact) mass is 182 g/mol. The van der Waals surface area contributed by atoms with Gasteiger partial charge in [0.25, 0.3) is 0 Å². The fourth-order valence-electron chi connectivity index (χ4n) is 1.17. The van der Waals surface area contributed by atoms with Crippen molar-refractivity contribution in [1.82, 2.24) is 14.9 Å². The highest BCUT2D eigenvalue weighted by molar-refractivity contribution is 5.79. The van der Waals surface area contributed by atoms with Gasteiger partial charge in [-0.25, -0.2) is 4.98 Å². The summed E-state index contributed by atoms with van der Waals surface area (Å²) >= 11 is 0. The van der Waals surface area contributed by atoms with E-state index in [0.717, 1.165) is 5.69 Å². The van der Waals surface area contributed by atoms with Crippen molar-refractivity contribution in [3.8, 4) is 0 Å². The Balaban J connectivity index is 2.87. The van der Waals surface area contributed by atoms with Crippen LogP contribution in [0.25, 0.3) is 0 Å². The molecule has 0 saturated heterocycles. The van der Waals surface area contributed by atoms with Crippen molar-refractivity contribution >= 4 is 5.91 Å². The molecule has 3 N–H and O–H groups in total. The van der Waals surface area contributed by atoms with E-state index in [1.54, 1.807) is 31.1 Å². The van der Waals surface area contributed by atoms with Crippen LogP contribution in [-0.2, 0) is 11.3 Å². The van der Waals surface area contributed by atoms with Gasteiger partial charge in [-0.2, -0.15) is 0 Å². The third kappa shape index (κ3) is 1.86. The number of nitrogens with one attached hydrogen (secondary N) is 1. The Labute approximate surface area is 76.9 Å². The number of imidazole rings is 1. The molecule has 1 aromatic heterocycles. The molecule has 5 nitrogen and oxygen atoms in total. The Morgan fingerprint density at radius 2 is 2.54 bits per heavy atom. The van der Waals surface area contributed by atoms with Crippen LogP contribution in [0.2, 0.25) is 0 Å². The minimum Gasteiger partial charge on any atom is -0.357 e. The van der Waals surface area contributed by atoms with Gasteiger partial charge in [0.15, 0.2) is 0 Å². The van der Waals surface area contributed by atoms with Crippen LogP contribution < -0.4 is 11.1 Å². The van der Waals surface area contributed by atoms with Crippen LogP contribution in [0.4, 0.5) is 0 Å². The molecule has 13 heavy (non-hydrogen) atoms. The second-order valence-electron chi connectivity index (χ2n) is 2.79. The Kier molecular flexibility index (Phi) is 3.02. The molecule has 1 aromatic rings. The molecule has 1 unspecified atom stereocenters. The molecule has 5 heteroatoms. The van der Waals surface area contributed by atoms with Crippen LogP contribution in [0.1, 0.15) is 18.7 Å². The zero-order valence-corrected chi connectivity index (χ0v) is 7.82. The molecule has 0 aliphatic rings. The summed E-state index contributed by atoms with van der Waals surface area (Å²) in [6.45, 7) is 2.20. The van der Waals surface area contributed by atoms with E-state index in [1.165, 1.54) is 0 Å². The molecular weight excluding hydrogens is 168 g/mol. The average molecular weight is 182 g/mol. The zero-order valence-electron chi connectivity index (χ0n) is 7.82. The third-order valence-electron chi connectivity index (χ3n) is 2.00. The Hall–Kier alpha value is -1.36. The largest absolute Gasteiger partial charge is 0.357 e. The first-order valence-electron chi connectivity index (χ1n) is 4.13. The summed E-state index contributed by atoms with van der Waals surface area (Å²) in [7, 11) is 1.61. The second-order valence-corrected chi connectivity index (χ2v) is 2.79. The number of amides is 1. The molecule has 0 fully saturated rings. The van der Waals surface area contributed by atoms with Gasteiger partial charge in [-0.1, -0.05) is 0 Å². The number of carbonyl (C=O) groups excluding carboxylic acids is 1. The predicted octanol–water partition coefficient (Wildman–Crippen LogP) is -0.351. The van der Waals surface area contributed by atoms with Crippen molar-refractivity contribution in [3.05, 3.63) is 18.2 Å². The van der Waals surface area contributed by atoms with Gasteiger partial charge in [0.2, 0.25) is 5.91 Å². The minimum atomic E-state index is -0.258. The summed E-state index contributed by atoms with van der Waals surface area (Å²) in [5.74, 6) is -0.0484. The number of hydrogen-bond donors (Lipinski definition) is 2. The Morgan fingerprint density at radius 3 is 3.08 bits per heavy atom. The van der Waals surface area contributed by atoms with Crippen LogP contribution in [0.15, 0.2) is 12.5 Å². The molecule has 1 rings (SSSR count). The lowest BCUT2D eigenvalue weighted by Gasteiger charge is -2.13. The van der Waals surface area contributed by atoms with Gasteiger partial charge in [0, 0.05) is 19.8 Å². The van der Waals surface area contributed by atoms with E-state index in [1.807, 2.05) is 0 Å². The standard InChI is InChI=1S/C8H14N4O/c1-6(8(13)10-2)12-5-11-4-7(12)3-9/h4-6H,3,9H2,1-2H3,(H,10,13). The van der Waals surface area contributed by atoms with Crippen molar-refractivity contribution < 1.29 is 4.79 Å². The summed E-state index contributed by atoms with van der Waals surface area (Å²) in [5.41, 5.74) is 6.34. The fraction of sp³-hybridized carbons (Fsp3) is 0.500. The molecular formula is C8H14N4O.